The molecule has 2 atom stereocenters. The maximum Gasteiger partial charge on any atom is 0.119 e. The van der Waals surface area contributed by atoms with Crippen molar-refractivity contribution in [1.82, 2.24) is 0 Å². The maximum atomic E-state index is 9.85. The van der Waals surface area contributed by atoms with Crippen molar-refractivity contribution in [3.05, 3.63) is 35.4 Å². The Balaban J connectivity index is 2.16. The van der Waals surface area contributed by atoms with E-state index in [1.807, 2.05) is 0 Å². The molecule has 0 saturated heterocycles. The van der Waals surface area contributed by atoms with Crippen molar-refractivity contribution in [3.63, 3.8) is 0 Å². The standard InChI is InChI=1S/C26H44O2/c1-20(2)9-6-10-21(3)11-7-12-22(4)13-8-14-23(5)15-16-24-19-25(27)17-18-26(24)28/h15,17-22,27-28H,6-14,16H2,1-5H3/b23-15+/t21-,22-/m1/s1. The van der Waals surface area contributed by atoms with E-state index in [0.29, 0.717) is 6.42 Å². The van der Waals surface area contributed by atoms with Crippen molar-refractivity contribution < 1.29 is 10.2 Å². The molecule has 0 radical (unpaired) electrons. The zero-order valence-corrected chi connectivity index (χ0v) is 19.0. The predicted molar refractivity (Wildman–Crippen MR) is 122 cm³/mol. The third-order valence-corrected chi connectivity index (χ3v) is 5.87. The van der Waals surface area contributed by atoms with Gasteiger partial charge in [-0.1, -0.05) is 84.3 Å². The SMILES string of the molecule is C/C(=C\Cc1cc(O)ccc1O)CCC[C@H](C)CCC[C@H](C)CCCC(C)C. The molecule has 0 aromatic heterocycles. The lowest BCUT2D eigenvalue weighted by Gasteiger charge is -2.15. The Labute approximate surface area is 174 Å². The second-order valence-electron chi connectivity index (χ2n) is 9.43. The van der Waals surface area contributed by atoms with Crippen LogP contribution in [0.1, 0.15) is 98.0 Å². The Morgan fingerprint density at radius 1 is 0.857 bits per heavy atom. The fraction of sp³-hybridized carbons (Fsp3) is 0.692. The minimum absolute atomic E-state index is 0.210. The van der Waals surface area contributed by atoms with Gasteiger partial charge in [-0.15, -0.1) is 0 Å². The van der Waals surface area contributed by atoms with Gasteiger partial charge in [-0.2, -0.15) is 0 Å². The van der Waals surface area contributed by atoms with Gasteiger partial charge in [-0.25, -0.2) is 0 Å². The molecule has 1 aromatic carbocycles. The first-order valence-corrected chi connectivity index (χ1v) is 11.4. The first-order valence-electron chi connectivity index (χ1n) is 11.4. The van der Waals surface area contributed by atoms with Crippen LogP contribution in [0.2, 0.25) is 0 Å². The highest BCUT2D eigenvalue weighted by Gasteiger charge is 2.07. The Hall–Kier alpha value is -1.44. The summed E-state index contributed by atoms with van der Waals surface area (Å²) in [5.41, 5.74) is 2.16. The van der Waals surface area contributed by atoms with Gasteiger partial charge in [0.15, 0.2) is 0 Å². The summed E-state index contributed by atoms with van der Waals surface area (Å²) in [5.74, 6) is 3.00. The third-order valence-electron chi connectivity index (χ3n) is 5.87. The minimum Gasteiger partial charge on any atom is -0.508 e. The number of aromatic hydroxyl groups is 2. The molecule has 0 spiro atoms. The topological polar surface area (TPSA) is 40.5 Å². The van der Waals surface area contributed by atoms with E-state index < -0.39 is 0 Å². The van der Waals surface area contributed by atoms with Gasteiger partial charge in [0.1, 0.15) is 11.5 Å². The van der Waals surface area contributed by atoms with E-state index >= 15 is 0 Å². The van der Waals surface area contributed by atoms with Crippen molar-refractivity contribution in [2.45, 2.75) is 98.8 Å². The largest absolute Gasteiger partial charge is 0.508 e. The van der Waals surface area contributed by atoms with Gasteiger partial charge >= 0.3 is 0 Å². The molecule has 160 valence electrons. The Bertz CT molecular complexity index is 574. The number of hydrogen-bond acceptors (Lipinski definition) is 2. The van der Waals surface area contributed by atoms with Gasteiger partial charge in [-0.05, 0) is 62.1 Å². The summed E-state index contributed by atoms with van der Waals surface area (Å²) in [7, 11) is 0. The summed E-state index contributed by atoms with van der Waals surface area (Å²) in [4.78, 5) is 0. The highest BCUT2D eigenvalue weighted by atomic mass is 16.3. The number of benzene rings is 1. The summed E-state index contributed by atoms with van der Waals surface area (Å²) in [5, 5.41) is 19.4. The van der Waals surface area contributed by atoms with Crippen LogP contribution in [0.4, 0.5) is 0 Å². The Morgan fingerprint density at radius 3 is 2.04 bits per heavy atom. The van der Waals surface area contributed by atoms with Gasteiger partial charge in [-0.3, -0.25) is 0 Å². The Kier molecular flexibility index (Phi) is 12.0. The molecule has 0 aliphatic carbocycles. The van der Waals surface area contributed by atoms with Crippen LogP contribution < -0.4 is 0 Å². The summed E-state index contributed by atoms with van der Waals surface area (Å²) >= 11 is 0. The van der Waals surface area contributed by atoms with Crippen LogP contribution in [0.25, 0.3) is 0 Å². The molecule has 1 rings (SSSR count). The van der Waals surface area contributed by atoms with Crippen molar-refractivity contribution in [2.75, 3.05) is 0 Å². The lowest BCUT2D eigenvalue weighted by atomic mass is 9.91. The summed E-state index contributed by atoms with van der Waals surface area (Å²) in [6.07, 6.45) is 14.8. The van der Waals surface area contributed by atoms with E-state index in [2.05, 4.69) is 40.7 Å². The molecule has 0 fully saturated rings. The second kappa shape index (κ2) is 13.7. The predicted octanol–water partition coefficient (Wildman–Crippen LogP) is 8.03. The molecular formula is C26H44O2. The van der Waals surface area contributed by atoms with Crippen LogP contribution in [-0.2, 0) is 6.42 Å². The molecule has 0 saturated carbocycles. The monoisotopic (exact) mass is 388 g/mol. The Morgan fingerprint density at radius 2 is 1.43 bits per heavy atom. The van der Waals surface area contributed by atoms with Crippen LogP contribution in [0.5, 0.6) is 11.5 Å². The number of phenols is 2. The van der Waals surface area contributed by atoms with E-state index in [-0.39, 0.29) is 11.5 Å². The highest BCUT2D eigenvalue weighted by molar-refractivity contribution is 5.39. The average Bonchev–Trinajstić information content (AvgIpc) is 2.62. The molecule has 0 heterocycles. The van der Waals surface area contributed by atoms with E-state index in [1.54, 1.807) is 12.1 Å². The zero-order chi connectivity index (χ0) is 20.9. The molecule has 2 heteroatoms. The average molecular weight is 389 g/mol. The second-order valence-corrected chi connectivity index (χ2v) is 9.43. The molecule has 0 unspecified atom stereocenters. The molecule has 0 amide bonds. The van der Waals surface area contributed by atoms with Crippen molar-refractivity contribution in [3.8, 4) is 11.5 Å². The molecule has 2 N–H and O–H groups in total. The molecule has 0 bridgehead atoms. The van der Waals surface area contributed by atoms with Crippen molar-refractivity contribution >= 4 is 0 Å². The molecule has 0 aliphatic rings. The van der Waals surface area contributed by atoms with Gasteiger partial charge in [0.2, 0.25) is 0 Å². The number of phenolic OH excluding ortho intramolecular Hbond substituents is 2. The van der Waals surface area contributed by atoms with Gasteiger partial charge in [0, 0.05) is 5.56 Å². The quantitative estimate of drug-likeness (QED) is 0.250. The maximum absolute atomic E-state index is 9.85. The van der Waals surface area contributed by atoms with Gasteiger partial charge < -0.3 is 10.2 Å². The number of allylic oxidation sites excluding steroid dienone is 2. The molecular weight excluding hydrogens is 344 g/mol. The summed E-state index contributed by atoms with van der Waals surface area (Å²) in [6, 6.07) is 4.72. The van der Waals surface area contributed by atoms with Crippen LogP contribution in [0.15, 0.2) is 29.8 Å². The fourth-order valence-electron chi connectivity index (χ4n) is 3.83. The first kappa shape index (κ1) is 24.6. The smallest absolute Gasteiger partial charge is 0.119 e. The van der Waals surface area contributed by atoms with E-state index in [1.165, 1.54) is 63.0 Å². The first-order chi connectivity index (χ1) is 13.3. The normalized spacial score (nSPS) is 14.4. The van der Waals surface area contributed by atoms with Gasteiger partial charge in [0.05, 0.1) is 0 Å². The number of hydrogen-bond donors (Lipinski definition) is 2. The molecule has 2 nitrogen and oxygen atoms in total. The van der Waals surface area contributed by atoms with E-state index in [4.69, 9.17) is 0 Å². The minimum atomic E-state index is 0.210. The van der Waals surface area contributed by atoms with Crippen LogP contribution in [-0.4, -0.2) is 10.2 Å². The third kappa shape index (κ3) is 11.4. The summed E-state index contributed by atoms with van der Waals surface area (Å²) < 4.78 is 0. The van der Waals surface area contributed by atoms with Crippen molar-refractivity contribution in [1.29, 1.82) is 0 Å². The number of rotatable bonds is 14. The molecule has 28 heavy (non-hydrogen) atoms. The van der Waals surface area contributed by atoms with Crippen LogP contribution in [0.3, 0.4) is 0 Å². The molecule has 0 aliphatic heterocycles. The zero-order valence-electron chi connectivity index (χ0n) is 19.0. The van der Waals surface area contributed by atoms with E-state index in [0.717, 1.165) is 29.7 Å². The van der Waals surface area contributed by atoms with E-state index in [9.17, 15) is 10.2 Å². The highest BCUT2D eigenvalue weighted by Crippen LogP contribution is 2.24. The fourth-order valence-corrected chi connectivity index (χ4v) is 3.83. The van der Waals surface area contributed by atoms with Crippen LogP contribution in [0, 0.1) is 17.8 Å². The van der Waals surface area contributed by atoms with Gasteiger partial charge in [0.25, 0.3) is 0 Å². The lowest BCUT2D eigenvalue weighted by Crippen LogP contribution is -2.00. The summed E-state index contributed by atoms with van der Waals surface area (Å²) in [6.45, 7) is 11.6. The van der Waals surface area contributed by atoms with Crippen LogP contribution >= 0.6 is 0 Å². The lowest BCUT2D eigenvalue weighted by molar-refractivity contribution is 0.389. The van der Waals surface area contributed by atoms with Crippen molar-refractivity contribution in [2.24, 2.45) is 17.8 Å². The molecule has 1 aromatic rings.